The van der Waals surface area contributed by atoms with E-state index < -0.39 is 17.4 Å². The molecule has 0 aromatic heterocycles. The Morgan fingerprint density at radius 3 is 1.60 bits per heavy atom. The van der Waals surface area contributed by atoms with E-state index in [1.165, 1.54) is 0 Å². The zero-order valence-corrected chi connectivity index (χ0v) is 23.4. The number of hydroxylamine groups is 2. The number of rotatable bonds is 14. The van der Waals surface area contributed by atoms with Crippen molar-refractivity contribution >= 4 is 11.8 Å². The van der Waals surface area contributed by atoms with E-state index in [2.05, 4.69) is 42.3 Å². The van der Waals surface area contributed by atoms with Crippen molar-refractivity contribution in [3.05, 3.63) is 143 Å². The van der Waals surface area contributed by atoms with Crippen molar-refractivity contribution < 1.29 is 23.9 Å². The largest absolute Gasteiger partial charge is 0.375 e. The predicted octanol–water partition coefficient (Wildman–Crippen LogP) is 6.41. The average Bonchev–Trinajstić information content (AvgIpc) is 3.29. The molecule has 0 N–H and O–H groups in total. The van der Waals surface area contributed by atoms with Gasteiger partial charge >= 0.3 is 0 Å². The second-order valence-corrected chi connectivity index (χ2v) is 9.98. The van der Waals surface area contributed by atoms with E-state index in [1.54, 1.807) is 24.3 Å². The molecule has 0 unspecified atom stereocenters. The highest BCUT2D eigenvalue weighted by atomic mass is 16.7. The van der Waals surface area contributed by atoms with Gasteiger partial charge in [0.25, 0.3) is 11.8 Å². The van der Waals surface area contributed by atoms with Crippen molar-refractivity contribution in [1.82, 2.24) is 5.06 Å². The maximum atomic E-state index is 12.5. The van der Waals surface area contributed by atoms with Crippen LogP contribution in [0.5, 0.6) is 0 Å². The van der Waals surface area contributed by atoms with Crippen LogP contribution in [0.15, 0.2) is 115 Å². The fourth-order valence-corrected chi connectivity index (χ4v) is 5.18. The number of unbranched alkanes of at least 4 members (excludes halogenated alkanes) is 1. The van der Waals surface area contributed by atoms with Gasteiger partial charge in [-0.1, -0.05) is 103 Å². The Kier molecular flexibility index (Phi) is 9.58. The number of benzene rings is 4. The van der Waals surface area contributed by atoms with Crippen molar-refractivity contribution in [1.29, 1.82) is 0 Å². The molecule has 212 valence electrons. The lowest BCUT2D eigenvalue weighted by atomic mass is 9.80. The maximum Gasteiger partial charge on any atom is 0.285 e. The topological polar surface area (TPSA) is 65.1 Å². The normalized spacial score (nSPS) is 13.5. The van der Waals surface area contributed by atoms with Gasteiger partial charge in [-0.15, -0.1) is 17.4 Å². The minimum Gasteiger partial charge on any atom is -0.375 e. The smallest absolute Gasteiger partial charge is 0.285 e. The highest BCUT2D eigenvalue weighted by molar-refractivity contribution is 6.20. The van der Waals surface area contributed by atoms with Gasteiger partial charge in [0.2, 0.25) is 0 Å². The molecule has 0 spiro atoms. The molecule has 0 bridgehead atoms. The van der Waals surface area contributed by atoms with Crippen molar-refractivity contribution in [2.45, 2.75) is 31.0 Å². The molecule has 0 saturated heterocycles. The SMILES string of the molecule is C#CC[C@H](COC(c1ccccc1)(c1ccccc1)c1ccccc1)OCCCCON1C(=O)c2ccccc2C1=O. The first kappa shape index (κ1) is 29.0. The summed E-state index contributed by atoms with van der Waals surface area (Å²) in [5, 5.41) is 0.844. The third kappa shape index (κ3) is 6.19. The number of nitrogens with zero attached hydrogens (tertiary/aromatic N) is 1. The second-order valence-electron chi connectivity index (χ2n) is 9.98. The Bertz CT molecular complexity index is 1380. The first-order valence-corrected chi connectivity index (χ1v) is 14.1. The Morgan fingerprint density at radius 1 is 0.667 bits per heavy atom. The first-order valence-electron chi connectivity index (χ1n) is 14.1. The monoisotopic (exact) mass is 559 g/mol. The van der Waals surface area contributed by atoms with Crippen molar-refractivity contribution in [3.8, 4) is 12.3 Å². The molecule has 1 aliphatic rings. The molecule has 2 amide bonds. The number of hydrogen-bond donors (Lipinski definition) is 0. The minimum absolute atomic E-state index is 0.213. The number of hydrogen-bond acceptors (Lipinski definition) is 5. The van der Waals surface area contributed by atoms with Crippen LogP contribution in [0.3, 0.4) is 0 Å². The van der Waals surface area contributed by atoms with Gasteiger partial charge in [0.1, 0.15) is 5.60 Å². The molecule has 0 aliphatic carbocycles. The van der Waals surface area contributed by atoms with Crippen LogP contribution in [0.2, 0.25) is 0 Å². The van der Waals surface area contributed by atoms with Gasteiger partial charge in [-0.25, -0.2) is 0 Å². The van der Waals surface area contributed by atoms with Gasteiger partial charge in [0.05, 0.1) is 30.4 Å². The third-order valence-electron chi connectivity index (χ3n) is 7.24. The number of imide groups is 1. The maximum absolute atomic E-state index is 12.5. The van der Waals surface area contributed by atoms with Gasteiger partial charge in [0.15, 0.2) is 0 Å². The summed E-state index contributed by atoms with van der Waals surface area (Å²) in [6.45, 7) is 0.912. The Hall–Kier alpha value is -4.54. The molecule has 0 radical (unpaired) electrons. The summed E-state index contributed by atoms with van der Waals surface area (Å²) in [7, 11) is 0. The van der Waals surface area contributed by atoms with E-state index >= 15 is 0 Å². The van der Waals surface area contributed by atoms with Crippen LogP contribution in [0.4, 0.5) is 0 Å². The van der Waals surface area contributed by atoms with Crippen molar-refractivity contribution in [3.63, 3.8) is 0 Å². The fourth-order valence-electron chi connectivity index (χ4n) is 5.18. The molecule has 5 rings (SSSR count). The van der Waals surface area contributed by atoms with Crippen molar-refractivity contribution in [2.75, 3.05) is 19.8 Å². The van der Waals surface area contributed by atoms with E-state index in [9.17, 15) is 9.59 Å². The Balaban J connectivity index is 1.21. The number of fused-ring (bicyclic) bond motifs is 1. The highest BCUT2D eigenvalue weighted by Crippen LogP contribution is 2.40. The summed E-state index contributed by atoms with van der Waals surface area (Å²) >= 11 is 0. The zero-order valence-electron chi connectivity index (χ0n) is 23.4. The van der Waals surface area contributed by atoms with Crippen LogP contribution in [0.25, 0.3) is 0 Å². The number of carbonyl (C=O) groups excluding carboxylic acids is 2. The molecule has 42 heavy (non-hydrogen) atoms. The molecule has 6 nitrogen and oxygen atoms in total. The van der Waals surface area contributed by atoms with E-state index in [4.69, 9.17) is 20.7 Å². The standard InChI is InChI=1S/C36H33NO5/c1-2-16-31(40-25-14-15-26-42-37-34(38)32-23-12-13-24-33(32)35(37)39)27-41-36(28-17-6-3-7-18-28,29-19-8-4-9-20-29)30-21-10-5-11-22-30/h1,3-13,17-24,31H,14-16,25-27H2/t31-/m1/s1. The molecular formula is C36H33NO5. The summed E-state index contributed by atoms with van der Waals surface area (Å²) in [5.74, 6) is 1.85. The lowest BCUT2D eigenvalue weighted by Crippen LogP contribution is -2.36. The van der Waals surface area contributed by atoms with Crippen LogP contribution < -0.4 is 0 Å². The zero-order chi connectivity index (χ0) is 29.2. The Labute approximate surface area is 246 Å². The average molecular weight is 560 g/mol. The Morgan fingerprint density at radius 2 is 1.12 bits per heavy atom. The first-order chi connectivity index (χ1) is 20.6. The molecular weight excluding hydrogens is 526 g/mol. The van der Waals surface area contributed by atoms with Crippen LogP contribution in [-0.2, 0) is 19.9 Å². The summed E-state index contributed by atoms with van der Waals surface area (Å²) in [5.41, 5.74) is 2.88. The van der Waals surface area contributed by atoms with Crippen LogP contribution in [0.1, 0.15) is 56.7 Å². The van der Waals surface area contributed by atoms with Crippen LogP contribution in [-0.4, -0.2) is 42.8 Å². The predicted molar refractivity (Wildman–Crippen MR) is 160 cm³/mol. The number of carbonyl (C=O) groups is 2. The summed E-state index contributed by atoms with van der Waals surface area (Å²) in [4.78, 5) is 30.5. The van der Waals surface area contributed by atoms with Gasteiger partial charge in [-0.2, -0.15) is 0 Å². The van der Waals surface area contributed by atoms with Gasteiger partial charge in [0, 0.05) is 13.0 Å². The van der Waals surface area contributed by atoms with E-state index in [-0.39, 0.29) is 19.3 Å². The highest BCUT2D eigenvalue weighted by Gasteiger charge is 2.38. The third-order valence-corrected chi connectivity index (χ3v) is 7.24. The van der Waals surface area contributed by atoms with Crippen molar-refractivity contribution in [2.24, 2.45) is 0 Å². The molecule has 1 aliphatic heterocycles. The molecule has 4 aromatic carbocycles. The molecule has 0 saturated carbocycles. The number of terminal acetylenes is 1. The van der Waals surface area contributed by atoms with Gasteiger partial charge in [-0.3, -0.25) is 14.4 Å². The van der Waals surface area contributed by atoms with E-state index in [1.807, 2.05) is 54.6 Å². The van der Waals surface area contributed by atoms with E-state index in [0.29, 0.717) is 37.0 Å². The summed E-state index contributed by atoms with van der Waals surface area (Å²) in [6, 6.07) is 37.2. The number of ether oxygens (including phenoxy) is 2. The molecule has 4 aromatic rings. The minimum atomic E-state index is -0.861. The lowest BCUT2D eigenvalue weighted by molar-refractivity contribution is -0.0950. The van der Waals surface area contributed by atoms with Crippen LogP contribution in [0, 0.1) is 12.3 Å². The fraction of sp³-hybridized carbons (Fsp3) is 0.222. The quantitative estimate of drug-likeness (QED) is 0.0773. The lowest BCUT2D eigenvalue weighted by Gasteiger charge is -2.37. The van der Waals surface area contributed by atoms with Gasteiger partial charge < -0.3 is 9.47 Å². The summed E-state index contributed by atoms with van der Waals surface area (Å²) in [6.07, 6.45) is 7.02. The van der Waals surface area contributed by atoms with E-state index in [0.717, 1.165) is 21.8 Å². The molecule has 0 fully saturated rings. The van der Waals surface area contributed by atoms with Crippen LogP contribution >= 0.6 is 0 Å². The summed E-state index contributed by atoms with van der Waals surface area (Å²) < 4.78 is 13.1. The number of amides is 2. The van der Waals surface area contributed by atoms with Gasteiger partial charge in [-0.05, 0) is 41.7 Å². The second kappa shape index (κ2) is 13.9. The molecule has 1 atom stereocenters. The molecule has 6 heteroatoms. The molecule has 1 heterocycles.